The standard InChI is InChI=1S/C15H13N5O/c1-20-10-13(9-18-20)11-4-2-5-12(8-11)14(21)19-15-16-6-3-7-17-15/h2-10H,1H3,(H,16,17,19,21). The Bertz CT molecular complexity index is 766. The first kappa shape index (κ1) is 13.0. The Morgan fingerprint density at radius 3 is 2.67 bits per heavy atom. The molecule has 0 radical (unpaired) electrons. The number of nitrogens with one attached hydrogen (secondary N) is 1. The van der Waals surface area contributed by atoms with Crippen LogP contribution in [0.1, 0.15) is 10.4 Å². The van der Waals surface area contributed by atoms with E-state index in [4.69, 9.17) is 0 Å². The van der Waals surface area contributed by atoms with Gasteiger partial charge in [0.2, 0.25) is 5.95 Å². The zero-order chi connectivity index (χ0) is 14.7. The lowest BCUT2D eigenvalue weighted by Crippen LogP contribution is -2.13. The number of benzene rings is 1. The molecule has 1 N–H and O–H groups in total. The summed E-state index contributed by atoms with van der Waals surface area (Å²) >= 11 is 0. The van der Waals surface area contributed by atoms with Crippen LogP contribution in [0, 0.1) is 0 Å². The van der Waals surface area contributed by atoms with Gasteiger partial charge in [0.05, 0.1) is 6.20 Å². The second-order valence-electron chi connectivity index (χ2n) is 4.51. The number of rotatable bonds is 3. The van der Waals surface area contributed by atoms with Crippen molar-refractivity contribution < 1.29 is 4.79 Å². The van der Waals surface area contributed by atoms with Crippen LogP contribution >= 0.6 is 0 Å². The van der Waals surface area contributed by atoms with Crippen LogP contribution < -0.4 is 5.32 Å². The first-order valence-electron chi connectivity index (χ1n) is 6.40. The van der Waals surface area contributed by atoms with E-state index in [0.29, 0.717) is 5.56 Å². The van der Waals surface area contributed by atoms with E-state index >= 15 is 0 Å². The molecule has 0 fully saturated rings. The molecule has 1 amide bonds. The molecule has 0 aliphatic carbocycles. The average molecular weight is 279 g/mol. The minimum absolute atomic E-state index is 0.244. The summed E-state index contributed by atoms with van der Waals surface area (Å²) in [6.07, 6.45) is 6.82. The molecule has 0 spiro atoms. The number of anilines is 1. The highest BCUT2D eigenvalue weighted by Crippen LogP contribution is 2.19. The number of aromatic nitrogens is 4. The number of carbonyl (C=O) groups excluding carboxylic acids is 1. The number of aryl methyl sites for hydroxylation is 1. The van der Waals surface area contributed by atoms with Gasteiger partial charge in [-0.25, -0.2) is 9.97 Å². The van der Waals surface area contributed by atoms with E-state index in [1.165, 1.54) is 0 Å². The quantitative estimate of drug-likeness (QED) is 0.797. The zero-order valence-corrected chi connectivity index (χ0v) is 11.4. The van der Waals surface area contributed by atoms with Gasteiger partial charge < -0.3 is 0 Å². The smallest absolute Gasteiger partial charge is 0.258 e. The topological polar surface area (TPSA) is 72.7 Å². The van der Waals surface area contributed by atoms with Crippen LogP contribution in [-0.2, 0) is 7.05 Å². The van der Waals surface area contributed by atoms with Crippen LogP contribution in [-0.4, -0.2) is 25.7 Å². The van der Waals surface area contributed by atoms with Crippen LogP contribution in [0.2, 0.25) is 0 Å². The van der Waals surface area contributed by atoms with Crippen molar-refractivity contribution >= 4 is 11.9 Å². The van der Waals surface area contributed by atoms with Crippen molar-refractivity contribution in [3.8, 4) is 11.1 Å². The third kappa shape index (κ3) is 2.94. The van der Waals surface area contributed by atoms with E-state index in [1.54, 1.807) is 35.4 Å². The molecule has 0 atom stereocenters. The van der Waals surface area contributed by atoms with Crippen molar-refractivity contribution in [1.82, 2.24) is 19.7 Å². The molecule has 0 saturated heterocycles. The van der Waals surface area contributed by atoms with Crippen molar-refractivity contribution in [3.05, 3.63) is 60.7 Å². The summed E-state index contributed by atoms with van der Waals surface area (Å²) in [5, 5.41) is 6.79. The molecule has 0 bridgehead atoms. The monoisotopic (exact) mass is 279 g/mol. The number of amides is 1. The fraction of sp³-hybridized carbons (Fsp3) is 0.0667. The highest BCUT2D eigenvalue weighted by Gasteiger charge is 2.09. The predicted octanol–water partition coefficient (Wildman–Crippen LogP) is 2.13. The predicted molar refractivity (Wildman–Crippen MR) is 78.6 cm³/mol. The molecule has 2 heterocycles. The second kappa shape index (κ2) is 5.54. The third-order valence-electron chi connectivity index (χ3n) is 2.95. The van der Waals surface area contributed by atoms with E-state index in [0.717, 1.165) is 11.1 Å². The molecule has 0 unspecified atom stereocenters. The van der Waals surface area contributed by atoms with E-state index in [2.05, 4.69) is 20.4 Å². The van der Waals surface area contributed by atoms with Gasteiger partial charge in [-0.05, 0) is 23.8 Å². The van der Waals surface area contributed by atoms with E-state index in [-0.39, 0.29) is 11.9 Å². The fourth-order valence-electron chi connectivity index (χ4n) is 1.95. The maximum atomic E-state index is 12.2. The molecular weight excluding hydrogens is 266 g/mol. The molecule has 104 valence electrons. The van der Waals surface area contributed by atoms with Gasteiger partial charge in [-0.2, -0.15) is 5.10 Å². The minimum Gasteiger partial charge on any atom is -0.290 e. The molecular formula is C15H13N5O. The van der Waals surface area contributed by atoms with Crippen molar-refractivity contribution in [2.24, 2.45) is 7.05 Å². The molecule has 0 aliphatic rings. The Morgan fingerprint density at radius 1 is 1.14 bits per heavy atom. The van der Waals surface area contributed by atoms with Gasteiger partial charge >= 0.3 is 0 Å². The average Bonchev–Trinajstić information content (AvgIpc) is 2.95. The van der Waals surface area contributed by atoms with Crippen LogP contribution in [0.5, 0.6) is 0 Å². The lowest BCUT2D eigenvalue weighted by Gasteiger charge is -2.04. The first-order chi connectivity index (χ1) is 10.2. The Balaban J connectivity index is 1.84. The summed E-state index contributed by atoms with van der Waals surface area (Å²) in [5.74, 6) is 0.0428. The third-order valence-corrected chi connectivity index (χ3v) is 2.95. The molecule has 1 aromatic carbocycles. The largest absolute Gasteiger partial charge is 0.290 e. The number of nitrogens with zero attached hydrogens (tertiary/aromatic N) is 4. The number of hydrogen-bond acceptors (Lipinski definition) is 4. The Hall–Kier alpha value is -3.02. The zero-order valence-electron chi connectivity index (χ0n) is 11.4. The van der Waals surface area contributed by atoms with Gasteiger partial charge in [0.25, 0.3) is 5.91 Å². The van der Waals surface area contributed by atoms with E-state index in [1.807, 2.05) is 31.4 Å². The molecule has 3 aromatic rings. The normalized spacial score (nSPS) is 10.3. The fourth-order valence-corrected chi connectivity index (χ4v) is 1.95. The van der Waals surface area contributed by atoms with Crippen LogP contribution in [0.15, 0.2) is 55.1 Å². The van der Waals surface area contributed by atoms with Crippen molar-refractivity contribution in [2.45, 2.75) is 0 Å². The molecule has 3 rings (SSSR count). The van der Waals surface area contributed by atoms with Gasteiger partial charge in [0, 0.05) is 36.8 Å². The minimum atomic E-state index is -0.244. The van der Waals surface area contributed by atoms with Gasteiger partial charge in [0.15, 0.2) is 0 Å². The summed E-state index contributed by atoms with van der Waals surface area (Å²) in [5.41, 5.74) is 2.44. The SMILES string of the molecule is Cn1cc(-c2cccc(C(=O)Nc3ncccn3)c2)cn1. The molecule has 0 saturated carbocycles. The number of carbonyl (C=O) groups is 1. The summed E-state index contributed by atoms with van der Waals surface area (Å²) in [6.45, 7) is 0. The summed E-state index contributed by atoms with van der Waals surface area (Å²) in [7, 11) is 1.85. The van der Waals surface area contributed by atoms with Crippen molar-refractivity contribution in [3.63, 3.8) is 0 Å². The van der Waals surface area contributed by atoms with Crippen LogP contribution in [0.4, 0.5) is 5.95 Å². The molecule has 6 nitrogen and oxygen atoms in total. The van der Waals surface area contributed by atoms with Gasteiger partial charge in [0.1, 0.15) is 0 Å². The Labute approximate surface area is 121 Å². The van der Waals surface area contributed by atoms with Gasteiger partial charge in [-0.15, -0.1) is 0 Å². The summed E-state index contributed by atoms with van der Waals surface area (Å²) < 4.78 is 1.72. The van der Waals surface area contributed by atoms with Crippen molar-refractivity contribution in [2.75, 3.05) is 5.32 Å². The highest BCUT2D eigenvalue weighted by atomic mass is 16.1. The first-order valence-corrected chi connectivity index (χ1v) is 6.40. The van der Waals surface area contributed by atoms with Crippen LogP contribution in [0.3, 0.4) is 0 Å². The van der Waals surface area contributed by atoms with E-state index < -0.39 is 0 Å². The maximum absolute atomic E-state index is 12.2. The molecule has 2 aromatic heterocycles. The van der Waals surface area contributed by atoms with Crippen LogP contribution in [0.25, 0.3) is 11.1 Å². The summed E-state index contributed by atoms with van der Waals surface area (Å²) in [6, 6.07) is 9.03. The Kier molecular flexibility index (Phi) is 3.42. The number of hydrogen-bond donors (Lipinski definition) is 1. The lowest BCUT2D eigenvalue weighted by atomic mass is 10.1. The van der Waals surface area contributed by atoms with E-state index in [9.17, 15) is 4.79 Å². The Morgan fingerprint density at radius 2 is 1.95 bits per heavy atom. The van der Waals surface area contributed by atoms with Gasteiger partial charge in [-0.1, -0.05) is 12.1 Å². The van der Waals surface area contributed by atoms with Crippen molar-refractivity contribution in [1.29, 1.82) is 0 Å². The maximum Gasteiger partial charge on any atom is 0.258 e. The molecule has 0 aliphatic heterocycles. The second-order valence-corrected chi connectivity index (χ2v) is 4.51. The highest BCUT2D eigenvalue weighted by molar-refractivity contribution is 6.04. The molecule has 6 heteroatoms. The summed E-state index contributed by atoms with van der Waals surface area (Å²) in [4.78, 5) is 20.1. The van der Waals surface area contributed by atoms with Gasteiger partial charge in [-0.3, -0.25) is 14.8 Å². The lowest BCUT2D eigenvalue weighted by molar-refractivity contribution is 0.102. The molecule has 21 heavy (non-hydrogen) atoms.